The summed E-state index contributed by atoms with van der Waals surface area (Å²) >= 11 is 0. The first-order valence-electron chi connectivity index (χ1n) is 6.79. The van der Waals surface area contributed by atoms with Gasteiger partial charge in [0.15, 0.2) is 0 Å². The minimum atomic E-state index is -0.788. The maximum absolute atomic E-state index is 11.1. The van der Waals surface area contributed by atoms with Gasteiger partial charge in [-0.15, -0.1) is 0 Å². The van der Waals surface area contributed by atoms with Gasteiger partial charge in [-0.3, -0.25) is 4.79 Å². The highest BCUT2D eigenvalue weighted by Crippen LogP contribution is 2.11. The first-order valence-corrected chi connectivity index (χ1v) is 6.79. The normalized spacial score (nSPS) is 12.3. The summed E-state index contributed by atoms with van der Waals surface area (Å²) in [6.07, 6.45) is 1.49. The summed E-state index contributed by atoms with van der Waals surface area (Å²) in [4.78, 5) is 11.1. The van der Waals surface area contributed by atoms with Crippen molar-refractivity contribution in [1.29, 1.82) is 0 Å². The standard InChI is InChI=1S/C15H23NO3/c1-3-7-14(15(17)18)16-10-12-8-5-6-9-13(12)11-19-4-2/h5-6,8-9,14,16H,3-4,7,10-11H2,1-2H3,(H,17,18). The van der Waals surface area contributed by atoms with E-state index in [1.54, 1.807) is 0 Å². The minimum absolute atomic E-state index is 0.481. The van der Waals surface area contributed by atoms with Gasteiger partial charge in [-0.1, -0.05) is 37.6 Å². The number of nitrogens with one attached hydrogen (secondary N) is 1. The van der Waals surface area contributed by atoms with Crippen LogP contribution in [-0.4, -0.2) is 23.7 Å². The second-order valence-corrected chi connectivity index (χ2v) is 4.47. The van der Waals surface area contributed by atoms with Gasteiger partial charge in [0.05, 0.1) is 6.61 Å². The number of hydrogen-bond donors (Lipinski definition) is 2. The predicted octanol–water partition coefficient (Wildman–Crippen LogP) is 2.57. The monoisotopic (exact) mass is 265 g/mol. The molecule has 0 aliphatic heterocycles. The molecule has 106 valence electrons. The molecule has 0 aliphatic rings. The Morgan fingerprint density at radius 2 is 2.00 bits per heavy atom. The lowest BCUT2D eigenvalue weighted by Crippen LogP contribution is -2.36. The third-order valence-electron chi connectivity index (χ3n) is 2.99. The number of hydrogen-bond acceptors (Lipinski definition) is 3. The molecule has 1 rings (SSSR count). The molecule has 0 saturated heterocycles. The first-order chi connectivity index (χ1) is 9.19. The van der Waals surface area contributed by atoms with E-state index in [0.717, 1.165) is 17.5 Å². The van der Waals surface area contributed by atoms with E-state index < -0.39 is 12.0 Å². The van der Waals surface area contributed by atoms with E-state index in [1.165, 1.54) is 0 Å². The average molecular weight is 265 g/mol. The van der Waals surface area contributed by atoms with E-state index in [2.05, 4.69) is 5.32 Å². The third kappa shape index (κ3) is 5.41. The summed E-state index contributed by atoms with van der Waals surface area (Å²) in [6, 6.07) is 7.47. The zero-order chi connectivity index (χ0) is 14.1. The summed E-state index contributed by atoms with van der Waals surface area (Å²) < 4.78 is 5.42. The van der Waals surface area contributed by atoms with Gasteiger partial charge < -0.3 is 15.2 Å². The van der Waals surface area contributed by atoms with Crippen LogP contribution in [0.2, 0.25) is 0 Å². The smallest absolute Gasteiger partial charge is 0.320 e. The van der Waals surface area contributed by atoms with Crippen LogP contribution in [-0.2, 0) is 22.7 Å². The van der Waals surface area contributed by atoms with Gasteiger partial charge in [0.2, 0.25) is 0 Å². The number of ether oxygens (including phenoxy) is 1. The van der Waals surface area contributed by atoms with Gasteiger partial charge in [0, 0.05) is 13.2 Å². The predicted molar refractivity (Wildman–Crippen MR) is 74.9 cm³/mol. The molecule has 0 saturated carbocycles. The Morgan fingerprint density at radius 1 is 1.32 bits per heavy atom. The number of carboxylic acids is 1. The van der Waals surface area contributed by atoms with Crippen LogP contribution in [0.5, 0.6) is 0 Å². The summed E-state index contributed by atoms with van der Waals surface area (Å²) in [5, 5.41) is 12.2. The summed E-state index contributed by atoms with van der Waals surface area (Å²) in [5.74, 6) is -0.788. The molecular formula is C15H23NO3. The molecule has 0 fully saturated rings. The van der Waals surface area contributed by atoms with Gasteiger partial charge in [-0.05, 0) is 24.5 Å². The Hall–Kier alpha value is -1.39. The molecule has 1 atom stereocenters. The van der Waals surface area contributed by atoms with Crippen molar-refractivity contribution in [3.63, 3.8) is 0 Å². The van der Waals surface area contributed by atoms with Crippen molar-refractivity contribution in [2.24, 2.45) is 0 Å². The molecule has 0 radical (unpaired) electrons. The van der Waals surface area contributed by atoms with Crippen molar-refractivity contribution >= 4 is 5.97 Å². The van der Waals surface area contributed by atoms with E-state index in [9.17, 15) is 4.79 Å². The lowest BCUT2D eigenvalue weighted by atomic mass is 10.1. The van der Waals surface area contributed by atoms with Gasteiger partial charge in [-0.25, -0.2) is 0 Å². The minimum Gasteiger partial charge on any atom is -0.480 e. The second kappa shape index (κ2) is 8.67. The fraction of sp³-hybridized carbons (Fsp3) is 0.533. The molecule has 0 aliphatic carbocycles. The van der Waals surface area contributed by atoms with E-state index in [0.29, 0.717) is 26.2 Å². The van der Waals surface area contributed by atoms with Crippen molar-refractivity contribution in [2.45, 2.75) is 45.9 Å². The third-order valence-corrected chi connectivity index (χ3v) is 2.99. The Morgan fingerprint density at radius 3 is 2.58 bits per heavy atom. The van der Waals surface area contributed by atoms with Crippen LogP contribution in [0.15, 0.2) is 24.3 Å². The molecule has 0 heterocycles. The van der Waals surface area contributed by atoms with Crippen LogP contribution in [0.4, 0.5) is 0 Å². The van der Waals surface area contributed by atoms with Crippen molar-refractivity contribution in [3.05, 3.63) is 35.4 Å². The van der Waals surface area contributed by atoms with Crippen molar-refractivity contribution in [2.75, 3.05) is 6.61 Å². The van der Waals surface area contributed by atoms with Crippen molar-refractivity contribution in [1.82, 2.24) is 5.32 Å². The zero-order valence-corrected chi connectivity index (χ0v) is 11.7. The second-order valence-electron chi connectivity index (χ2n) is 4.47. The lowest BCUT2D eigenvalue weighted by molar-refractivity contribution is -0.139. The molecule has 2 N–H and O–H groups in total. The number of benzene rings is 1. The Labute approximate surface area is 114 Å². The molecule has 1 unspecified atom stereocenters. The van der Waals surface area contributed by atoms with E-state index in [4.69, 9.17) is 9.84 Å². The Balaban J connectivity index is 2.62. The first kappa shape index (κ1) is 15.7. The van der Waals surface area contributed by atoms with Crippen LogP contribution in [0.25, 0.3) is 0 Å². The van der Waals surface area contributed by atoms with Crippen LogP contribution in [0, 0.1) is 0 Å². The Kier molecular flexibility index (Phi) is 7.15. The molecular weight excluding hydrogens is 242 g/mol. The van der Waals surface area contributed by atoms with Crippen LogP contribution in [0.3, 0.4) is 0 Å². The maximum Gasteiger partial charge on any atom is 0.320 e. The molecule has 0 aromatic heterocycles. The van der Waals surface area contributed by atoms with Crippen LogP contribution in [0.1, 0.15) is 37.8 Å². The Bertz CT molecular complexity index is 393. The molecule has 0 spiro atoms. The number of carbonyl (C=O) groups is 1. The van der Waals surface area contributed by atoms with Gasteiger partial charge in [0.1, 0.15) is 6.04 Å². The maximum atomic E-state index is 11.1. The van der Waals surface area contributed by atoms with E-state index in [-0.39, 0.29) is 0 Å². The SMILES string of the molecule is CCCC(NCc1ccccc1COCC)C(=O)O. The highest BCUT2D eigenvalue weighted by Gasteiger charge is 2.15. The summed E-state index contributed by atoms with van der Waals surface area (Å²) in [6.45, 7) is 5.75. The molecule has 19 heavy (non-hydrogen) atoms. The highest BCUT2D eigenvalue weighted by molar-refractivity contribution is 5.73. The van der Waals surface area contributed by atoms with Crippen LogP contribution >= 0.6 is 0 Å². The van der Waals surface area contributed by atoms with Crippen molar-refractivity contribution < 1.29 is 14.6 Å². The molecule has 0 amide bonds. The highest BCUT2D eigenvalue weighted by atomic mass is 16.5. The molecule has 1 aromatic rings. The number of carboxylic acid groups (broad SMARTS) is 1. The van der Waals surface area contributed by atoms with Crippen molar-refractivity contribution in [3.8, 4) is 0 Å². The molecule has 1 aromatic carbocycles. The van der Waals surface area contributed by atoms with Gasteiger partial charge in [-0.2, -0.15) is 0 Å². The topological polar surface area (TPSA) is 58.6 Å². The summed E-state index contributed by atoms with van der Waals surface area (Å²) in [7, 11) is 0. The molecule has 4 nitrogen and oxygen atoms in total. The van der Waals surface area contributed by atoms with Gasteiger partial charge in [0.25, 0.3) is 0 Å². The quantitative estimate of drug-likeness (QED) is 0.720. The fourth-order valence-electron chi connectivity index (χ4n) is 1.92. The van der Waals surface area contributed by atoms with E-state index in [1.807, 2.05) is 38.1 Å². The lowest BCUT2D eigenvalue weighted by Gasteiger charge is -2.15. The molecule has 4 heteroatoms. The van der Waals surface area contributed by atoms with Gasteiger partial charge >= 0.3 is 5.97 Å². The number of aliphatic carboxylic acids is 1. The van der Waals surface area contributed by atoms with E-state index >= 15 is 0 Å². The largest absolute Gasteiger partial charge is 0.480 e. The summed E-state index contributed by atoms with van der Waals surface area (Å²) in [5.41, 5.74) is 2.20. The number of rotatable bonds is 9. The zero-order valence-electron chi connectivity index (χ0n) is 11.7. The average Bonchev–Trinajstić information content (AvgIpc) is 2.41. The molecule has 0 bridgehead atoms. The van der Waals surface area contributed by atoms with Crippen LogP contribution < -0.4 is 5.32 Å². The fourth-order valence-corrected chi connectivity index (χ4v) is 1.92.